The Hall–Kier alpha value is -1.45. The van der Waals surface area contributed by atoms with Gasteiger partial charge in [0.1, 0.15) is 6.67 Å². The van der Waals surface area contributed by atoms with Crippen LogP contribution in [0.25, 0.3) is 0 Å². The van der Waals surface area contributed by atoms with Gasteiger partial charge in [0.25, 0.3) is 5.69 Å². The summed E-state index contributed by atoms with van der Waals surface area (Å²) >= 11 is 0. The Balaban J connectivity index is 3.70. The van der Waals surface area contributed by atoms with Crippen LogP contribution < -0.4 is 0 Å². The molecule has 0 aliphatic rings. The molecular formula is C15H22FNO2. The SMILES string of the molecule is CC(C)(C)c1cc(CF)c([N+](=O)[O-])c(C(C)(C)C)c1. The van der Waals surface area contributed by atoms with Crippen LogP contribution in [0.4, 0.5) is 10.1 Å². The van der Waals surface area contributed by atoms with Crippen LogP contribution in [0, 0.1) is 10.1 Å². The minimum atomic E-state index is -0.816. The normalized spacial score (nSPS) is 12.6. The van der Waals surface area contributed by atoms with E-state index >= 15 is 0 Å². The molecule has 0 amide bonds. The standard InChI is InChI=1S/C15H22FNO2/c1-14(2,3)11-7-10(9-16)13(17(18)19)12(8-11)15(4,5)6/h7-8H,9H2,1-6H3. The van der Waals surface area contributed by atoms with E-state index in [4.69, 9.17) is 0 Å². The highest BCUT2D eigenvalue weighted by atomic mass is 19.1. The number of halogens is 1. The molecular weight excluding hydrogens is 245 g/mol. The second-order valence-corrected chi connectivity index (χ2v) is 6.92. The number of nitrogens with zero attached hydrogens (tertiary/aromatic N) is 1. The van der Waals surface area contributed by atoms with Gasteiger partial charge in [0.15, 0.2) is 0 Å². The van der Waals surface area contributed by atoms with Gasteiger partial charge in [-0.2, -0.15) is 0 Å². The molecule has 0 unspecified atom stereocenters. The zero-order valence-corrected chi connectivity index (χ0v) is 12.5. The Morgan fingerprint density at radius 2 is 1.63 bits per heavy atom. The maximum Gasteiger partial charge on any atom is 0.278 e. The third kappa shape index (κ3) is 3.31. The van der Waals surface area contributed by atoms with Crippen molar-refractivity contribution >= 4 is 5.69 Å². The number of rotatable bonds is 2. The Morgan fingerprint density at radius 1 is 1.11 bits per heavy atom. The smallest absolute Gasteiger partial charge is 0.258 e. The summed E-state index contributed by atoms with van der Waals surface area (Å²) in [7, 11) is 0. The van der Waals surface area contributed by atoms with Gasteiger partial charge >= 0.3 is 0 Å². The van der Waals surface area contributed by atoms with Crippen LogP contribution >= 0.6 is 0 Å². The summed E-state index contributed by atoms with van der Waals surface area (Å²) in [4.78, 5) is 10.8. The third-order valence-electron chi connectivity index (χ3n) is 3.19. The van der Waals surface area contributed by atoms with Crippen LogP contribution in [0.1, 0.15) is 58.2 Å². The maximum absolute atomic E-state index is 13.2. The van der Waals surface area contributed by atoms with Crippen molar-refractivity contribution in [1.82, 2.24) is 0 Å². The Labute approximate surface area is 114 Å². The van der Waals surface area contributed by atoms with Gasteiger partial charge in [-0.25, -0.2) is 4.39 Å². The topological polar surface area (TPSA) is 43.1 Å². The van der Waals surface area contributed by atoms with E-state index in [9.17, 15) is 14.5 Å². The number of hydrogen-bond donors (Lipinski definition) is 0. The molecule has 0 atom stereocenters. The summed E-state index contributed by atoms with van der Waals surface area (Å²) in [5.74, 6) is 0. The zero-order chi connectivity index (χ0) is 15.0. The third-order valence-corrected chi connectivity index (χ3v) is 3.19. The molecule has 1 aromatic carbocycles. The first-order valence-electron chi connectivity index (χ1n) is 6.36. The molecule has 0 aliphatic carbocycles. The molecule has 1 aromatic rings. The summed E-state index contributed by atoms with van der Waals surface area (Å²) in [6.07, 6.45) is 0. The average molecular weight is 267 g/mol. The predicted octanol–water partition coefficient (Wildman–Crippen LogP) is 4.66. The fourth-order valence-electron chi connectivity index (χ4n) is 2.02. The van der Waals surface area contributed by atoms with E-state index in [1.807, 2.05) is 47.6 Å². The van der Waals surface area contributed by atoms with Crippen LogP contribution in [-0.2, 0) is 17.5 Å². The van der Waals surface area contributed by atoms with Gasteiger partial charge in [-0.3, -0.25) is 10.1 Å². The Bertz CT molecular complexity index is 496. The zero-order valence-electron chi connectivity index (χ0n) is 12.5. The molecule has 19 heavy (non-hydrogen) atoms. The van der Waals surface area contributed by atoms with Crippen molar-refractivity contribution in [3.63, 3.8) is 0 Å². The molecule has 0 N–H and O–H groups in total. The first-order valence-corrected chi connectivity index (χ1v) is 6.36. The Morgan fingerprint density at radius 3 is 1.95 bits per heavy atom. The lowest BCUT2D eigenvalue weighted by Gasteiger charge is -2.25. The highest BCUT2D eigenvalue weighted by molar-refractivity contribution is 5.54. The second-order valence-electron chi connectivity index (χ2n) is 6.92. The van der Waals surface area contributed by atoms with Crippen LogP contribution in [0.15, 0.2) is 12.1 Å². The van der Waals surface area contributed by atoms with Gasteiger partial charge < -0.3 is 0 Å². The van der Waals surface area contributed by atoms with E-state index in [0.717, 1.165) is 5.56 Å². The van der Waals surface area contributed by atoms with Gasteiger partial charge in [-0.05, 0) is 28.5 Å². The minimum absolute atomic E-state index is 0.0806. The average Bonchev–Trinajstić information content (AvgIpc) is 2.24. The van der Waals surface area contributed by atoms with E-state index in [1.54, 1.807) is 6.07 Å². The molecule has 0 heterocycles. The predicted molar refractivity (Wildman–Crippen MR) is 75.3 cm³/mol. The molecule has 0 saturated heterocycles. The summed E-state index contributed by atoms with van der Waals surface area (Å²) in [5.41, 5.74) is 1.05. The molecule has 106 valence electrons. The molecule has 0 bridgehead atoms. The lowest BCUT2D eigenvalue weighted by atomic mass is 9.78. The fourth-order valence-corrected chi connectivity index (χ4v) is 2.02. The van der Waals surface area contributed by atoms with Gasteiger partial charge in [0.2, 0.25) is 0 Å². The fraction of sp³-hybridized carbons (Fsp3) is 0.600. The Kier molecular flexibility index (Phi) is 4.03. The van der Waals surface area contributed by atoms with Crippen molar-refractivity contribution in [2.45, 2.75) is 59.0 Å². The summed E-state index contributed by atoms with van der Waals surface area (Å²) in [5, 5.41) is 11.2. The van der Waals surface area contributed by atoms with E-state index in [2.05, 4.69) is 0 Å². The van der Waals surface area contributed by atoms with Crippen LogP contribution in [0.3, 0.4) is 0 Å². The van der Waals surface area contributed by atoms with Gasteiger partial charge in [-0.15, -0.1) is 0 Å². The van der Waals surface area contributed by atoms with E-state index in [1.165, 1.54) is 0 Å². The molecule has 0 spiro atoms. The first kappa shape index (κ1) is 15.6. The quantitative estimate of drug-likeness (QED) is 0.577. The number of hydrogen-bond acceptors (Lipinski definition) is 2. The molecule has 0 saturated carbocycles. The molecule has 1 rings (SSSR count). The number of benzene rings is 1. The molecule has 0 aliphatic heterocycles. The van der Waals surface area contributed by atoms with Crippen molar-refractivity contribution in [2.24, 2.45) is 0 Å². The number of nitro groups is 1. The van der Waals surface area contributed by atoms with Crippen LogP contribution in [0.5, 0.6) is 0 Å². The highest BCUT2D eigenvalue weighted by Gasteiger charge is 2.30. The maximum atomic E-state index is 13.2. The molecule has 0 aromatic heterocycles. The lowest BCUT2D eigenvalue weighted by molar-refractivity contribution is -0.386. The summed E-state index contributed by atoms with van der Waals surface area (Å²) < 4.78 is 13.2. The van der Waals surface area contributed by atoms with Crippen molar-refractivity contribution in [1.29, 1.82) is 0 Å². The van der Waals surface area contributed by atoms with Gasteiger partial charge in [0, 0.05) is 5.56 Å². The van der Waals surface area contributed by atoms with Crippen molar-refractivity contribution in [3.05, 3.63) is 38.9 Å². The minimum Gasteiger partial charge on any atom is -0.258 e. The number of nitro benzene ring substituents is 1. The summed E-state index contributed by atoms with van der Waals surface area (Å²) in [6.45, 7) is 11.0. The van der Waals surface area contributed by atoms with Gasteiger partial charge in [0.05, 0.1) is 10.5 Å². The van der Waals surface area contributed by atoms with Crippen LogP contribution in [0.2, 0.25) is 0 Å². The molecule has 0 radical (unpaired) electrons. The van der Waals surface area contributed by atoms with Crippen molar-refractivity contribution in [2.75, 3.05) is 0 Å². The summed E-state index contributed by atoms with van der Waals surface area (Å²) in [6, 6.07) is 3.46. The highest BCUT2D eigenvalue weighted by Crippen LogP contribution is 2.38. The second kappa shape index (κ2) is 4.91. The molecule has 4 heteroatoms. The number of alkyl halides is 1. The van der Waals surface area contributed by atoms with Crippen molar-refractivity contribution in [3.8, 4) is 0 Å². The largest absolute Gasteiger partial charge is 0.278 e. The van der Waals surface area contributed by atoms with E-state index in [0.29, 0.717) is 5.56 Å². The molecule has 3 nitrogen and oxygen atoms in total. The monoisotopic (exact) mass is 267 g/mol. The van der Waals surface area contributed by atoms with Gasteiger partial charge in [-0.1, -0.05) is 41.5 Å². The first-order chi connectivity index (χ1) is 8.48. The van der Waals surface area contributed by atoms with Crippen molar-refractivity contribution < 1.29 is 9.31 Å². The van der Waals surface area contributed by atoms with E-state index < -0.39 is 17.0 Å². The molecule has 0 fully saturated rings. The van der Waals surface area contributed by atoms with Crippen LogP contribution in [-0.4, -0.2) is 4.92 Å². The lowest BCUT2D eigenvalue weighted by Crippen LogP contribution is -2.19. The van der Waals surface area contributed by atoms with E-state index in [-0.39, 0.29) is 16.7 Å².